The molecule has 6 heteroatoms. The minimum Gasteiger partial charge on any atom is -0.465 e. The zero-order chi connectivity index (χ0) is 15.2. The fourth-order valence-electron chi connectivity index (χ4n) is 1.91. The van der Waals surface area contributed by atoms with Crippen molar-refractivity contribution in [2.24, 2.45) is 0 Å². The molecule has 0 saturated carbocycles. The van der Waals surface area contributed by atoms with Crippen LogP contribution in [0.2, 0.25) is 0 Å². The maximum absolute atomic E-state index is 11.4. The molecule has 2 aromatic carbocycles. The number of carbonyl (C=O) groups excluding carboxylic acids is 1. The van der Waals surface area contributed by atoms with E-state index in [-0.39, 0.29) is 5.69 Å². The highest BCUT2D eigenvalue weighted by molar-refractivity contribution is 5.90. The molecule has 1 N–H and O–H groups in total. The van der Waals surface area contributed by atoms with E-state index in [0.29, 0.717) is 23.4 Å². The SMILES string of the molecule is COC(=O)c1cccc(NCc2ccccc2[N+](=O)[O-])c1. The van der Waals surface area contributed by atoms with E-state index in [4.69, 9.17) is 0 Å². The van der Waals surface area contributed by atoms with Gasteiger partial charge in [0.2, 0.25) is 0 Å². The molecule has 0 aliphatic rings. The van der Waals surface area contributed by atoms with Gasteiger partial charge in [0, 0.05) is 23.9 Å². The van der Waals surface area contributed by atoms with Crippen LogP contribution in [0.1, 0.15) is 15.9 Å². The highest BCUT2D eigenvalue weighted by Gasteiger charge is 2.12. The number of rotatable bonds is 5. The maximum atomic E-state index is 11.4. The average Bonchev–Trinajstić information content (AvgIpc) is 2.52. The third-order valence-electron chi connectivity index (χ3n) is 2.95. The van der Waals surface area contributed by atoms with Crippen molar-refractivity contribution in [1.29, 1.82) is 0 Å². The molecule has 21 heavy (non-hydrogen) atoms. The van der Waals surface area contributed by atoms with E-state index in [9.17, 15) is 14.9 Å². The summed E-state index contributed by atoms with van der Waals surface area (Å²) in [6.45, 7) is 0.293. The summed E-state index contributed by atoms with van der Waals surface area (Å²) in [6, 6.07) is 13.3. The Labute approximate surface area is 121 Å². The van der Waals surface area contributed by atoms with Crippen molar-refractivity contribution in [2.75, 3.05) is 12.4 Å². The Hall–Kier alpha value is -2.89. The molecule has 0 fully saturated rings. The van der Waals surface area contributed by atoms with Crippen LogP contribution in [0, 0.1) is 10.1 Å². The van der Waals surface area contributed by atoms with E-state index in [1.165, 1.54) is 13.2 Å². The summed E-state index contributed by atoms with van der Waals surface area (Å²) in [7, 11) is 1.32. The van der Waals surface area contributed by atoms with E-state index in [0.717, 1.165) is 0 Å². The Morgan fingerprint density at radius 3 is 2.71 bits per heavy atom. The number of nitrogens with one attached hydrogen (secondary N) is 1. The number of nitro benzene ring substituents is 1. The van der Waals surface area contributed by atoms with E-state index in [1.54, 1.807) is 42.5 Å². The number of methoxy groups -OCH3 is 1. The Balaban J connectivity index is 2.14. The topological polar surface area (TPSA) is 81.5 Å². The summed E-state index contributed by atoms with van der Waals surface area (Å²) in [6.07, 6.45) is 0. The quantitative estimate of drug-likeness (QED) is 0.519. The van der Waals surface area contributed by atoms with Gasteiger partial charge in [-0.1, -0.05) is 24.3 Å². The highest BCUT2D eigenvalue weighted by Crippen LogP contribution is 2.19. The van der Waals surface area contributed by atoms with Gasteiger partial charge in [0.05, 0.1) is 17.6 Å². The van der Waals surface area contributed by atoms with Gasteiger partial charge in [-0.3, -0.25) is 10.1 Å². The Morgan fingerprint density at radius 1 is 1.24 bits per heavy atom. The molecule has 0 aliphatic heterocycles. The zero-order valence-corrected chi connectivity index (χ0v) is 11.4. The number of anilines is 1. The molecular formula is C15H14N2O4. The summed E-state index contributed by atoms with van der Waals surface area (Å²) in [5.74, 6) is -0.427. The molecule has 0 unspecified atom stereocenters. The third kappa shape index (κ3) is 3.56. The number of nitro groups is 1. The summed E-state index contributed by atoms with van der Waals surface area (Å²) in [5.41, 5.74) is 1.75. The number of carbonyl (C=O) groups is 1. The predicted molar refractivity (Wildman–Crippen MR) is 78.2 cm³/mol. The lowest BCUT2D eigenvalue weighted by molar-refractivity contribution is -0.385. The van der Waals surface area contributed by atoms with Crippen LogP contribution in [-0.2, 0) is 11.3 Å². The van der Waals surface area contributed by atoms with Gasteiger partial charge in [-0.25, -0.2) is 4.79 Å². The normalized spacial score (nSPS) is 9.95. The molecule has 0 heterocycles. The average molecular weight is 286 g/mol. The van der Waals surface area contributed by atoms with E-state index in [1.807, 2.05) is 0 Å². The standard InChI is InChI=1S/C15H14N2O4/c1-21-15(18)11-6-4-7-13(9-11)16-10-12-5-2-3-8-14(12)17(19)20/h2-9,16H,10H2,1H3. The largest absolute Gasteiger partial charge is 0.465 e. The first kappa shape index (κ1) is 14.5. The van der Waals surface area contributed by atoms with Gasteiger partial charge in [-0.2, -0.15) is 0 Å². The van der Waals surface area contributed by atoms with Crippen molar-refractivity contribution in [3.05, 3.63) is 69.8 Å². The molecule has 0 bridgehead atoms. The molecular weight excluding hydrogens is 272 g/mol. The molecule has 6 nitrogen and oxygen atoms in total. The van der Waals surface area contributed by atoms with Crippen molar-refractivity contribution in [3.63, 3.8) is 0 Å². The number of nitrogens with zero attached hydrogens (tertiary/aromatic N) is 1. The molecule has 0 saturated heterocycles. The van der Waals surface area contributed by atoms with Crippen LogP contribution in [0.4, 0.5) is 11.4 Å². The molecule has 0 atom stereocenters. The van der Waals surface area contributed by atoms with Crippen molar-refractivity contribution in [2.45, 2.75) is 6.54 Å². The van der Waals surface area contributed by atoms with Gasteiger partial charge in [-0.15, -0.1) is 0 Å². The van der Waals surface area contributed by atoms with Crippen molar-refractivity contribution in [3.8, 4) is 0 Å². The second kappa shape index (κ2) is 6.51. The van der Waals surface area contributed by atoms with Gasteiger partial charge in [0.25, 0.3) is 5.69 Å². The number of para-hydroxylation sites is 1. The maximum Gasteiger partial charge on any atom is 0.337 e. The Morgan fingerprint density at radius 2 is 2.00 bits per heavy atom. The van der Waals surface area contributed by atoms with Crippen LogP contribution in [-0.4, -0.2) is 18.0 Å². The van der Waals surface area contributed by atoms with Gasteiger partial charge < -0.3 is 10.1 Å². The lowest BCUT2D eigenvalue weighted by Crippen LogP contribution is -2.05. The van der Waals surface area contributed by atoms with Crippen LogP contribution in [0.15, 0.2) is 48.5 Å². The number of hydrogen-bond acceptors (Lipinski definition) is 5. The molecule has 2 rings (SSSR count). The minimum absolute atomic E-state index is 0.0640. The number of hydrogen-bond donors (Lipinski definition) is 1. The molecule has 0 amide bonds. The monoisotopic (exact) mass is 286 g/mol. The number of benzene rings is 2. The van der Waals surface area contributed by atoms with Crippen molar-refractivity contribution < 1.29 is 14.5 Å². The van der Waals surface area contributed by atoms with Crippen molar-refractivity contribution in [1.82, 2.24) is 0 Å². The summed E-state index contributed by atoms with van der Waals surface area (Å²) >= 11 is 0. The molecule has 0 radical (unpaired) electrons. The van der Waals surface area contributed by atoms with E-state index in [2.05, 4.69) is 10.1 Å². The fourth-order valence-corrected chi connectivity index (χ4v) is 1.91. The van der Waals surface area contributed by atoms with Gasteiger partial charge in [-0.05, 0) is 18.2 Å². The molecule has 2 aromatic rings. The van der Waals surface area contributed by atoms with Crippen LogP contribution in [0.3, 0.4) is 0 Å². The third-order valence-corrected chi connectivity index (χ3v) is 2.95. The predicted octanol–water partition coefficient (Wildman–Crippen LogP) is 2.99. The smallest absolute Gasteiger partial charge is 0.337 e. The van der Waals surface area contributed by atoms with E-state index >= 15 is 0 Å². The summed E-state index contributed by atoms with van der Waals surface area (Å²) in [5, 5.41) is 14.0. The van der Waals surface area contributed by atoms with Gasteiger partial charge in [0.15, 0.2) is 0 Å². The van der Waals surface area contributed by atoms with Crippen LogP contribution in [0.5, 0.6) is 0 Å². The van der Waals surface area contributed by atoms with Gasteiger partial charge in [0.1, 0.15) is 0 Å². The van der Waals surface area contributed by atoms with E-state index < -0.39 is 10.9 Å². The first-order valence-corrected chi connectivity index (χ1v) is 6.26. The fraction of sp³-hybridized carbons (Fsp3) is 0.133. The molecule has 108 valence electrons. The summed E-state index contributed by atoms with van der Waals surface area (Å²) in [4.78, 5) is 22.0. The first-order chi connectivity index (χ1) is 10.1. The van der Waals surface area contributed by atoms with Crippen LogP contribution < -0.4 is 5.32 Å². The molecule has 0 aliphatic carbocycles. The van der Waals surface area contributed by atoms with Crippen molar-refractivity contribution >= 4 is 17.3 Å². The number of esters is 1. The van der Waals surface area contributed by atoms with Crippen LogP contribution >= 0.6 is 0 Å². The van der Waals surface area contributed by atoms with Crippen LogP contribution in [0.25, 0.3) is 0 Å². The lowest BCUT2D eigenvalue weighted by atomic mass is 10.1. The molecule has 0 aromatic heterocycles. The summed E-state index contributed by atoms with van der Waals surface area (Å²) < 4.78 is 4.65. The molecule has 0 spiro atoms. The second-order valence-corrected chi connectivity index (χ2v) is 4.31. The lowest BCUT2D eigenvalue weighted by Gasteiger charge is -2.08. The zero-order valence-electron chi connectivity index (χ0n) is 11.4. The number of ether oxygens (including phenoxy) is 1. The van der Waals surface area contributed by atoms with Gasteiger partial charge >= 0.3 is 5.97 Å². The highest BCUT2D eigenvalue weighted by atomic mass is 16.6. The Bertz CT molecular complexity index is 670. The second-order valence-electron chi connectivity index (χ2n) is 4.31. The minimum atomic E-state index is -0.427. The Kier molecular flexibility index (Phi) is 4.50. The first-order valence-electron chi connectivity index (χ1n) is 6.26.